The van der Waals surface area contributed by atoms with Gasteiger partial charge in [0.25, 0.3) is 5.91 Å². The normalized spacial score (nSPS) is 23.3. The second-order valence-corrected chi connectivity index (χ2v) is 6.49. The van der Waals surface area contributed by atoms with E-state index in [9.17, 15) is 4.79 Å². The van der Waals surface area contributed by atoms with E-state index >= 15 is 0 Å². The largest absolute Gasteiger partial charge is 0.486 e. The van der Waals surface area contributed by atoms with Crippen LogP contribution >= 0.6 is 0 Å². The van der Waals surface area contributed by atoms with Crippen LogP contribution in [-0.4, -0.2) is 74.0 Å². The molecule has 0 unspecified atom stereocenters. The van der Waals surface area contributed by atoms with Crippen molar-refractivity contribution < 1.29 is 9.53 Å². The number of hydrogen-bond donors (Lipinski definition) is 0. The van der Waals surface area contributed by atoms with Gasteiger partial charge >= 0.3 is 0 Å². The first-order valence-corrected chi connectivity index (χ1v) is 8.42. The van der Waals surface area contributed by atoms with Gasteiger partial charge in [-0.15, -0.1) is 0 Å². The lowest BCUT2D eigenvalue weighted by Gasteiger charge is -2.36. The minimum atomic E-state index is -0.0482. The molecule has 4 heterocycles. The minimum absolute atomic E-state index is 0.0482. The third-order valence-corrected chi connectivity index (χ3v) is 4.70. The number of nitrogens with zero attached hydrogens (tertiary/aromatic N) is 6. The van der Waals surface area contributed by atoms with Crippen molar-refractivity contribution in [3.05, 3.63) is 42.5 Å². The van der Waals surface area contributed by atoms with Gasteiger partial charge in [0.1, 0.15) is 18.1 Å². The second kappa shape index (κ2) is 6.72. The summed E-state index contributed by atoms with van der Waals surface area (Å²) in [7, 11) is 0. The molecule has 25 heavy (non-hydrogen) atoms. The number of aryl methyl sites for hydroxylation is 1. The van der Waals surface area contributed by atoms with Gasteiger partial charge in [0, 0.05) is 44.8 Å². The quantitative estimate of drug-likeness (QED) is 0.807. The van der Waals surface area contributed by atoms with Gasteiger partial charge in [0.15, 0.2) is 5.75 Å². The number of hydrogen-bond acceptors (Lipinski definition) is 7. The molecule has 2 fully saturated rings. The van der Waals surface area contributed by atoms with Gasteiger partial charge in [0.2, 0.25) is 0 Å². The Bertz CT molecular complexity index is 739. The third kappa shape index (κ3) is 3.43. The predicted molar refractivity (Wildman–Crippen MR) is 89.1 cm³/mol. The Kier molecular flexibility index (Phi) is 4.27. The van der Waals surface area contributed by atoms with E-state index in [1.54, 1.807) is 24.8 Å². The zero-order valence-corrected chi connectivity index (χ0v) is 14.1. The van der Waals surface area contributed by atoms with Crippen molar-refractivity contribution in [2.45, 2.75) is 25.5 Å². The highest BCUT2D eigenvalue weighted by molar-refractivity contribution is 5.92. The molecule has 2 atom stereocenters. The van der Waals surface area contributed by atoms with Gasteiger partial charge in [-0.25, -0.2) is 15.0 Å². The van der Waals surface area contributed by atoms with Crippen molar-refractivity contribution >= 4 is 5.91 Å². The number of rotatable bonds is 3. The maximum Gasteiger partial charge on any atom is 0.274 e. The Morgan fingerprint density at radius 3 is 2.72 bits per heavy atom. The number of carbonyl (C=O) groups excluding carboxylic acids is 1. The highest BCUT2D eigenvalue weighted by atomic mass is 16.5. The second-order valence-electron chi connectivity index (χ2n) is 6.49. The van der Waals surface area contributed by atoms with Gasteiger partial charge in [-0.1, -0.05) is 0 Å². The summed E-state index contributed by atoms with van der Waals surface area (Å²) in [5.41, 5.74) is 1.22. The van der Waals surface area contributed by atoms with Crippen LogP contribution in [0.4, 0.5) is 0 Å². The molecule has 0 aliphatic carbocycles. The molecule has 2 aliphatic rings. The standard InChI is InChI=1S/C17H20N6O2/c1-12-5-21-16(8-20-12)17(24)23-3-2-22-10-14(4-13(22)9-23)25-15-6-18-11-19-7-15/h5-8,11,13-14H,2-4,9-10H2,1H3/t13-,14+/m0/s1. The number of ether oxygens (including phenoxy) is 1. The SMILES string of the molecule is Cc1cnc(C(=O)N2CCN3C[C@H](Oc4cncnc4)C[C@H]3C2)cn1. The van der Waals surface area contributed by atoms with E-state index in [1.165, 1.54) is 6.33 Å². The fourth-order valence-corrected chi connectivity index (χ4v) is 3.47. The molecule has 2 aromatic rings. The molecule has 0 saturated carbocycles. The Morgan fingerprint density at radius 1 is 1.12 bits per heavy atom. The summed E-state index contributed by atoms with van der Waals surface area (Å²) >= 11 is 0. The van der Waals surface area contributed by atoms with Crippen molar-refractivity contribution in [3.8, 4) is 5.75 Å². The summed E-state index contributed by atoms with van der Waals surface area (Å²) < 4.78 is 5.97. The van der Waals surface area contributed by atoms with Crippen LogP contribution in [0.5, 0.6) is 5.75 Å². The maximum atomic E-state index is 12.6. The van der Waals surface area contributed by atoms with Crippen LogP contribution in [0.25, 0.3) is 0 Å². The number of carbonyl (C=O) groups is 1. The fraction of sp³-hybridized carbons (Fsp3) is 0.471. The molecule has 1 amide bonds. The molecule has 8 nitrogen and oxygen atoms in total. The summed E-state index contributed by atoms with van der Waals surface area (Å²) in [5, 5.41) is 0. The molecule has 130 valence electrons. The molecule has 4 rings (SSSR count). The molecule has 8 heteroatoms. The lowest BCUT2D eigenvalue weighted by atomic mass is 10.1. The predicted octanol–water partition coefficient (Wildman–Crippen LogP) is 0.553. The first kappa shape index (κ1) is 15.9. The smallest absolute Gasteiger partial charge is 0.274 e. The monoisotopic (exact) mass is 340 g/mol. The first-order valence-electron chi connectivity index (χ1n) is 8.42. The van der Waals surface area contributed by atoms with Gasteiger partial charge in [-0.3, -0.25) is 14.7 Å². The number of aromatic nitrogens is 4. The van der Waals surface area contributed by atoms with Crippen molar-refractivity contribution in [3.63, 3.8) is 0 Å². The van der Waals surface area contributed by atoms with Crippen molar-refractivity contribution in [1.82, 2.24) is 29.7 Å². The lowest BCUT2D eigenvalue weighted by Crippen LogP contribution is -2.52. The van der Waals surface area contributed by atoms with Gasteiger partial charge in [-0.05, 0) is 6.92 Å². The third-order valence-electron chi connectivity index (χ3n) is 4.70. The Hall–Kier alpha value is -2.61. The van der Waals surface area contributed by atoms with Crippen LogP contribution in [0, 0.1) is 6.92 Å². The molecule has 0 radical (unpaired) electrons. The van der Waals surface area contributed by atoms with E-state index in [1.807, 2.05) is 11.8 Å². The summed E-state index contributed by atoms with van der Waals surface area (Å²) in [6.07, 6.45) is 9.02. The van der Waals surface area contributed by atoms with Gasteiger partial charge in [0.05, 0.1) is 24.3 Å². The van der Waals surface area contributed by atoms with Crippen LogP contribution in [0.3, 0.4) is 0 Å². The molecule has 2 saturated heterocycles. The zero-order chi connectivity index (χ0) is 17.2. The van der Waals surface area contributed by atoms with Crippen LogP contribution in [-0.2, 0) is 0 Å². The fourth-order valence-electron chi connectivity index (χ4n) is 3.47. The lowest BCUT2D eigenvalue weighted by molar-refractivity contribution is 0.0563. The van der Waals surface area contributed by atoms with Crippen LogP contribution in [0.15, 0.2) is 31.1 Å². The highest BCUT2D eigenvalue weighted by Gasteiger charge is 2.38. The van der Waals surface area contributed by atoms with E-state index in [0.29, 0.717) is 30.6 Å². The Balaban J connectivity index is 1.38. The van der Waals surface area contributed by atoms with Crippen molar-refractivity contribution in [2.75, 3.05) is 26.2 Å². The van der Waals surface area contributed by atoms with Gasteiger partial charge < -0.3 is 9.64 Å². The topological polar surface area (TPSA) is 84.3 Å². The number of amides is 1. The zero-order valence-electron chi connectivity index (χ0n) is 14.1. The molecule has 0 N–H and O–H groups in total. The van der Waals surface area contributed by atoms with E-state index in [4.69, 9.17) is 4.74 Å². The van der Waals surface area contributed by atoms with Crippen molar-refractivity contribution in [1.29, 1.82) is 0 Å². The first-order chi connectivity index (χ1) is 12.2. The van der Waals surface area contributed by atoms with Crippen LogP contribution in [0.2, 0.25) is 0 Å². The number of piperazine rings is 1. The van der Waals surface area contributed by atoms with E-state index in [-0.39, 0.29) is 12.0 Å². The molecule has 0 spiro atoms. The van der Waals surface area contributed by atoms with E-state index < -0.39 is 0 Å². The summed E-state index contributed by atoms with van der Waals surface area (Å²) in [5.74, 6) is 0.642. The average molecular weight is 340 g/mol. The van der Waals surface area contributed by atoms with Crippen LogP contribution in [0.1, 0.15) is 22.6 Å². The minimum Gasteiger partial charge on any atom is -0.486 e. The van der Waals surface area contributed by atoms with Gasteiger partial charge in [-0.2, -0.15) is 0 Å². The summed E-state index contributed by atoms with van der Waals surface area (Å²) in [4.78, 5) is 33.2. The highest BCUT2D eigenvalue weighted by Crippen LogP contribution is 2.25. The molecule has 0 aromatic carbocycles. The van der Waals surface area contributed by atoms with E-state index in [0.717, 1.165) is 25.2 Å². The van der Waals surface area contributed by atoms with Crippen LogP contribution < -0.4 is 4.74 Å². The molecular formula is C17H20N6O2. The average Bonchev–Trinajstić information content (AvgIpc) is 3.04. The summed E-state index contributed by atoms with van der Waals surface area (Å²) in [6.45, 7) is 4.97. The van der Waals surface area contributed by atoms with Crippen molar-refractivity contribution in [2.24, 2.45) is 0 Å². The van der Waals surface area contributed by atoms with E-state index in [2.05, 4.69) is 24.8 Å². The Labute approximate surface area is 145 Å². The summed E-state index contributed by atoms with van der Waals surface area (Å²) in [6, 6.07) is 0.311. The molecule has 0 bridgehead atoms. The molecule has 2 aliphatic heterocycles. The number of fused-ring (bicyclic) bond motifs is 1. The Morgan fingerprint density at radius 2 is 1.96 bits per heavy atom. The molecular weight excluding hydrogens is 320 g/mol. The molecule has 2 aromatic heterocycles. The maximum absolute atomic E-state index is 12.6.